The topological polar surface area (TPSA) is 83.0 Å². The zero-order valence-electron chi connectivity index (χ0n) is 19.0. The van der Waals surface area contributed by atoms with Gasteiger partial charge in [0, 0.05) is 6.42 Å². The highest BCUT2D eigenvalue weighted by atomic mass is 31.2. The molecule has 0 atom stereocenters. The lowest BCUT2D eigenvalue weighted by Gasteiger charge is -2.27. The first kappa shape index (κ1) is 24.6. The third-order valence-electron chi connectivity index (χ3n) is 6.25. The second-order valence-electron chi connectivity index (χ2n) is 9.87. The van der Waals surface area contributed by atoms with Gasteiger partial charge in [0.05, 0.1) is 0 Å². The lowest BCUT2D eigenvalue weighted by Crippen LogP contribution is -2.41. The molecule has 2 rings (SSSR count). The van der Waals surface area contributed by atoms with Crippen molar-refractivity contribution in [2.24, 2.45) is 0 Å². The Bertz CT molecular complexity index is 580. The molecule has 0 radical (unpaired) electrons. The summed E-state index contributed by atoms with van der Waals surface area (Å²) in [4.78, 5) is 27.1. The molecule has 2 fully saturated rings. The zero-order valence-corrected chi connectivity index (χ0v) is 20.7. The fraction of sp³-hybridized carbons (Fsp3) is 0.900. The fourth-order valence-electron chi connectivity index (χ4n) is 3.07. The van der Waals surface area contributed by atoms with E-state index in [4.69, 9.17) is 18.1 Å². The second-order valence-corrected chi connectivity index (χ2v) is 13.5. The van der Waals surface area contributed by atoms with E-state index < -0.39 is 38.3 Å². The summed E-state index contributed by atoms with van der Waals surface area (Å²) >= 11 is 0. The van der Waals surface area contributed by atoms with E-state index in [0.717, 1.165) is 25.7 Å². The molecule has 2 aliphatic heterocycles. The van der Waals surface area contributed by atoms with Crippen LogP contribution < -0.4 is 9.79 Å². The van der Waals surface area contributed by atoms with Crippen molar-refractivity contribution in [3.8, 4) is 0 Å². The minimum Gasteiger partial charge on any atom is -0.627 e. The van der Waals surface area contributed by atoms with Crippen molar-refractivity contribution < 1.29 is 27.9 Å². The van der Waals surface area contributed by atoms with Crippen LogP contribution in [0.5, 0.6) is 0 Å². The molecule has 0 aliphatic carbocycles. The first-order chi connectivity index (χ1) is 12.5. The zero-order chi connectivity index (χ0) is 21.6. The van der Waals surface area contributed by atoms with Crippen LogP contribution in [0.3, 0.4) is 0 Å². The molecule has 6 nitrogen and oxygen atoms in total. The third-order valence-corrected chi connectivity index (χ3v) is 11.0. The normalized spacial score (nSPS) is 29.2. The Kier molecular flexibility index (Phi) is 6.86. The van der Waals surface area contributed by atoms with Gasteiger partial charge in [-0.2, -0.15) is 18.1 Å². The molecule has 2 saturated heterocycles. The molecule has 2 aliphatic rings. The molecule has 0 aromatic heterocycles. The van der Waals surface area contributed by atoms with Crippen molar-refractivity contribution in [2.75, 3.05) is 0 Å². The molecule has 28 heavy (non-hydrogen) atoms. The summed E-state index contributed by atoms with van der Waals surface area (Å²) in [7, 11) is -7.22. The van der Waals surface area contributed by atoms with Crippen molar-refractivity contribution in [1.29, 1.82) is 0 Å². The predicted octanol–water partition coefficient (Wildman–Crippen LogP) is 5.25. The lowest BCUT2D eigenvalue weighted by atomic mass is 9.90. The third kappa shape index (κ3) is 4.81. The number of rotatable bonds is 7. The molecule has 164 valence electrons. The van der Waals surface area contributed by atoms with Gasteiger partial charge in [-0.05, 0) is 61.8 Å². The van der Waals surface area contributed by atoms with Crippen LogP contribution in [-0.4, -0.2) is 22.4 Å². The molecule has 0 aromatic rings. The van der Waals surface area contributed by atoms with E-state index in [-0.39, 0.29) is 0 Å². The number of unbranched alkanes of at least 4 members (excludes halogenated alkanes) is 3. The van der Waals surface area contributed by atoms with Gasteiger partial charge in [0.2, 0.25) is 0 Å². The van der Waals surface area contributed by atoms with E-state index in [0.29, 0.717) is 11.7 Å². The van der Waals surface area contributed by atoms with Gasteiger partial charge in [-0.3, -0.25) is 0 Å². The van der Waals surface area contributed by atoms with Gasteiger partial charge < -0.3 is 9.79 Å². The monoisotopic (exact) mass is 436 g/mol. The molecular weight excluding hydrogens is 398 g/mol. The van der Waals surface area contributed by atoms with Gasteiger partial charge in [-0.1, -0.05) is 26.2 Å². The molecule has 8 heteroatoms. The summed E-state index contributed by atoms with van der Waals surface area (Å²) < 4.78 is 23.6. The molecule has 0 aromatic carbocycles. The van der Waals surface area contributed by atoms with E-state index in [1.165, 1.54) is 5.82 Å². The molecule has 0 bridgehead atoms. The van der Waals surface area contributed by atoms with Gasteiger partial charge in [0.1, 0.15) is 22.4 Å². The van der Waals surface area contributed by atoms with Crippen LogP contribution >= 0.6 is 15.9 Å². The Labute approximate surface area is 172 Å². The number of hydrogen-bond acceptors (Lipinski definition) is 6. The van der Waals surface area contributed by atoms with Crippen molar-refractivity contribution in [3.63, 3.8) is 0 Å². The smallest absolute Gasteiger partial charge is 0.272 e. The Morgan fingerprint density at radius 1 is 0.714 bits per heavy atom. The molecular formula is C20H38O6P2. The van der Waals surface area contributed by atoms with Crippen LogP contribution in [0.25, 0.3) is 0 Å². The van der Waals surface area contributed by atoms with Gasteiger partial charge in [0.15, 0.2) is 11.1 Å². The summed E-state index contributed by atoms with van der Waals surface area (Å²) in [6, 6.07) is 0. The molecule has 2 heterocycles. The first-order valence-corrected chi connectivity index (χ1v) is 13.4. The average molecular weight is 436 g/mol. The van der Waals surface area contributed by atoms with Crippen LogP contribution in [-0.2, 0) is 18.1 Å². The maximum Gasteiger partial charge on any atom is 0.272 e. The van der Waals surface area contributed by atoms with Crippen LogP contribution in [0.4, 0.5) is 0 Å². The minimum atomic E-state index is -3.62. The Morgan fingerprint density at radius 2 is 1.14 bits per heavy atom. The SMILES string of the molecule is CCCCCC/C(=C\[P+]1([O-])OC(C)(C)C(C)(C)O1)[P+]1([O-])OC(C)(C)C(C)(C)O1. The Morgan fingerprint density at radius 3 is 1.57 bits per heavy atom. The van der Waals surface area contributed by atoms with Crippen LogP contribution in [0.1, 0.15) is 94.4 Å². The summed E-state index contributed by atoms with van der Waals surface area (Å²) in [5.74, 6) is 1.41. The highest BCUT2D eigenvalue weighted by molar-refractivity contribution is 7.67. The number of hydrogen-bond donors (Lipinski definition) is 0. The van der Waals surface area contributed by atoms with E-state index in [9.17, 15) is 9.79 Å². The minimum absolute atomic E-state index is 0.402. The van der Waals surface area contributed by atoms with Gasteiger partial charge in [0.25, 0.3) is 15.9 Å². The predicted molar refractivity (Wildman–Crippen MR) is 111 cm³/mol. The van der Waals surface area contributed by atoms with E-state index >= 15 is 0 Å². The quantitative estimate of drug-likeness (QED) is 0.400. The Balaban J connectivity index is 2.37. The highest BCUT2D eigenvalue weighted by Crippen LogP contribution is 2.76. The van der Waals surface area contributed by atoms with Crippen molar-refractivity contribution >= 4 is 15.9 Å². The summed E-state index contributed by atoms with van der Waals surface area (Å²) in [5, 5.41) is 0.402. The summed E-state index contributed by atoms with van der Waals surface area (Å²) in [6.07, 6.45) is 4.45. The van der Waals surface area contributed by atoms with Crippen LogP contribution in [0, 0.1) is 0 Å². The highest BCUT2D eigenvalue weighted by Gasteiger charge is 2.64. The average Bonchev–Trinajstić information content (AvgIpc) is 2.75. The van der Waals surface area contributed by atoms with Crippen molar-refractivity contribution in [2.45, 2.75) is 117 Å². The Hall–Kier alpha value is 0.360. The maximum absolute atomic E-state index is 13.7. The fourth-order valence-corrected chi connectivity index (χ4v) is 8.76. The van der Waals surface area contributed by atoms with E-state index in [1.54, 1.807) is 0 Å². The van der Waals surface area contributed by atoms with E-state index in [2.05, 4.69) is 6.92 Å². The lowest BCUT2D eigenvalue weighted by molar-refractivity contribution is -0.211. The molecule has 0 N–H and O–H groups in total. The molecule has 0 spiro atoms. The van der Waals surface area contributed by atoms with Crippen LogP contribution in [0.15, 0.2) is 11.1 Å². The number of allylic oxidation sites excluding steroid dienone is 1. The largest absolute Gasteiger partial charge is 0.627 e. The summed E-state index contributed by atoms with van der Waals surface area (Å²) in [5.41, 5.74) is -2.96. The van der Waals surface area contributed by atoms with Crippen molar-refractivity contribution in [1.82, 2.24) is 0 Å². The molecule has 0 saturated carbocycles. The molecule has 0 unspecified atom stereocenters. The van der Waals surface area contributed by atoms with Gasteiger partial charge in [-0.15, -0.1) is 0 Å². The second kappa shape index (κ2) is 7.80. The van der Waals surface area contributed by atoms with Crippen LogP contribution in [0.2, 0.25) is 0 Å². The van der Waals surface area contributed by atoms with Gasteiger partial charge in [-0.25, -0.2) is 0 Å². The van der Waals surface area contributed by atoms with Gasteiger partial charge >= 0.3 is 0 Å². The van der Waals surface area contributed by atoms with Crippen molar-refractivity contribution in [3.05, 3.63) is 11.1 Å². The first-order valence-electron chi connectivity index (χ1n) is 10.2. The standard InChI is InChI=1S/C20H38O6P2/c1-10-11-12-13-14-16(28(22)25-19(6,7)20(8,9)26-28)15-27(21)23-17(2,3)18(4,5)24-27/h15H,10-14H2,1-9H3/b16-15+. The maximum atomic E-state index is 13.7. The summed E-state index contributed by atoms with van der Waals surface area (Å²) in [6.45, 7) is 17.0. The molecule has 0 amide bonds. The van der Waals surface area contributed by atoms with E-state index in [1.807, 2.05) is 55.4 Å².